The minimum Gasteiger partial charge on any atom is -0.300 e. The summed E-state index contributed by atoms with van der Waals surface area (Å²) in [6, 6.07) is 0. The van der Waals surface area contributed by atoms with E-state index in [9.17, 15) is 26.4 Å². The van der Waals surface area contributed by atoms with E-state index in [0.717, 1.165) is 0 Å². The van der Waals surface area contributed by atoms with Crippen LogP contribution in [-0.2, 0) is 14.8 Å². The zero-order valence-electron chi connectivity index (χ0n) is 10.7. The van der Waals surface area contributed by atoms with Crippen LogP contribution in [0.3, 0.4) is 0 Å². The van der Waals surface area contributed by atoms with Gasteiger partial charge in [-0.3, -0.25) is 4.79 Å². The molecule has 0 radical (unpaired) electrons. The van der Waals surface area contributed by atoms with Crippen LogP contribution in [0.5, 0.6) is 0 Å². The highest BCUT2D eigenvalue weighted by atomic mass is 32.2. The lowest BCUT2D eigenvalue weighted by molar-refractivity contribution is -0.134. The number of rotatable bonds is 5. The van der Waals surface area contributed by atoms with Gasteiger partial charge < -0.3 is 0 Å². The molecule has 0 bridgehead atoms. The molecule has 0 aromatic rings. The molecule has 112 valence electrons. The maximum atomic E-state index is 12.0. The number of sulfonamides is 1. The number of carbonyl (C=O) groups is 1. The first kappa shape index (κ1) is 16.4. The number of ketones is 1. The Morgan fingerprint density at radius 2 is 1.79 bits per heavy atom. The van der Waals surface area contributed by atoms with Crippen LogP contribution in [0.1, 0.15) is 32.6 Å². The zero-order valence-corrected chi connectivity index (χ0v) is 11.6. The van der Waals surface area contributed by atoms with Gasteiger partial charge in [0.25, 0.3) is 0 Å². The minimum atomic E-state index is -4.32. The van der Waals surface area contributed by atoms with Crippen molar-refractivity contribution in [3.63, 3.8) is 0 Å². The maximum Gasteiger partial charge on any atom is 0.389 e. The molecule has 4 nitrogen and oxygen atoms in total. The second-order valence-electron chi connectivity index (χ2n) is 4.82. The van der Waals surface area contributed by atoms with E-state index < -0.39 is 34.8 Å². The highest BCUT2D eigenvalue weighted by Crippen LogP contribution is 2.24. The number of hydrogen-bond acceptors (Lipinski definition) is 3. The summed E-state index contributed by atoms with van der Waals surface area (Å²) in [7, 11) is -3.63. The van der Waals surface area contributed by atoms with Crippen LogP contribution < -0.4 is 0 Å². The molecular weight excluding hydrogens is 283 g/mol. The largest absolute Gasteiger partial charge is 0.389 e. The number of carbonyl (C=O) groups excluding carboxylic acids is 1. The molecule has 1 heterocycles. The molecule has 0 saturated carbocycles. The second-order valence-corrected chi connectivity index (χ2v) is 6.91. The van der Waals surface area contributed by atoms with E-state index >= 15 is 0 Å². The topological polar surface area (TPSA) is 54.5 Å². The van der Waals surface area contributed by atoms with Crippen LogP contribution in [0.4, 0.5) is 13.2 Å². The van der Waals surface area contributed by atoms with Gasteiger partial charge in [-0.25, -0.2) is 12.7 Å². The molecule has 1 fully saturated rings. The van der Waals surface area contributed by atoms with E-state index in [4.69, 9.17) is 0 Å². The lowest BCUT2D eigenvalue weighted by Gasteiger charge is -2.30. The fraction of sp³-hybridized carbons (Fsp3) is 0.909. The first-order valence-electron chi connectivity index (χ1n) is 6.17. The SMILES string of the molecule is CC(=O)C1CCN(S(=O)(=O)CCCC(F)(F)F)CC1. The summed E-state index contributed by atoms with van der Waals surface area (Å²) in [6.07, 6.45) is -4.92. The number of halogens is 3. The van der Waals surface area contributed by atoms with Crippen molar-refractivity contribution >= 4 is 15.8 Å². The van der Waals surface area contributed by atoms with Crippen molar-refractivity contribution in [2.45, 2.75) is 38.8 Å². The fourth-order valence-corrected chi connectivity index (χ4v) is 3.66. The van der Waals surface area contributed by atoms with Crippen molar-refractivity contribution in [3.8, 4) is 0 Å². The van der Waals surface area contributed by atoms with Gasteiger partial charge in [0.1, 0.15) is 5.78 Å². The van der Waals surface area contributed by atoms with Crippen LogP contribution >= 0.6 is 0 Å². The molecular formula is C11H18F3NO3S. The molecule has 0 N–H and O–H groups in total. The molecule has 0 aromatic heterocycles. The molecule has 0 spiro atoms. The molecule has 19 heavy (non-hydrogen) atoms. The van der Waals surface area contributed by atoms with E-state index in [1.54, 1.807) is 0 Å². The molecule has 1 aliphatic heterocycles. The van der Waals surface area contributed by atoms with E-state index in [1.807, 2.05) is 0 Å². The molecule has 1 saturated heterocycles. The average molecular weight is 301 g/mol. The standard InChI is InChI=1S/C11H18F3NO3S/c1-9(16)10-3-6-15(7-4-10)19(17,18)8-2-5-11(12,13)14/h10H,2-8H2,1H3. The third-order valence-electron chi connectivity index (χ3n) is 3.28. The smallest absolute Gasteiger partial charge is 0.300 e. The third-order valence-corrected chi connectivity index (χ3v) is 5.24. The summed E-state index contributed by atoms with van der Waals surface area (Å²) in [5.41, 5.74) is 0. The van der Waals surface area contributed by atoms with Gasteiger partial charge >= 0.3 is 6.18 Å². The van der Waals surface area contributed by atoms with E-state index in [-0.39, 0.29) is 24.8 Å². The van der Waals surface area contributed by atoms with Gasteiger partial charge in [-0.15, -0.1) is 0 Å². The van der Waals surface area contributed by atoms with Crippen LogP contribution in [-0.4, -0.2) is 43.5 Å². The summed E-state index contributed by atoms with van der Waals surface area (Å²) in [5.74, 6) is -0.576. The Balaban J connectivity index is 2.45. The van der Waals surface area contributed by atoms with Crippen molar-refractivity contribution in [2.24, 2.45) is 5.92 Å². The average Bonchev–Trinajstić information content (AvgIpc) is 2.27. The summed E-state index contributed by atoms with van der Waals surface area (Å²) >= 11 is 0. The molecule has 0 unspecified atom stereocenters. The first-order chi connectivity index (χ1) is 8.62. The Labute approximate surface area is 111 Å². The first-order valence-corrected chi connectivity index (χ1v) is 7.78. The highest BCUT2D eigenvalue weighted by Gasteiger charge is 2.31. The van der Waals surface area contributed by atoms with Crippen LogP contribution in [0, 0.1) is 5.92 Å². The van der Waals surface area contributed by atoms with Gasteiger partial charge in [-0.05, 0) is 26.2 Å². The second kappa shape index (κ2) is 6.21. The van der Waals surface area contributed by atoms with Crippen LogP contribution in [0.25, 0.3) is 0 Å². The van der Waals surface area contributed by atoms with Gasteiger partial charge in [0.05, 0.1) is 5.75 Å². The van der Waals surface area contributed by atoms with Crippen molar-refractivity contribution in [1.82, 2.24) is 4.31 Å². The molecule has 0 amide bonds. The Morgan fingerprint density at radius 3 is 2.21 bits per heavy atom. The summed E-state index contributed by atoms with van der Waals surface area (Å²) < 4.78 is 60.7. The molecule has 1 aliphatic rings. The lowest BCUT2D eigenvalue weighted by atomic mass is 9.95. The summed E-state index contributed by atoms with van der Waals surface area (Å²) in [4.78, 5) is 11.1. The van der Waals surface area contributed by atoms with E-state index in [2.05, 4.69) is 0 Å². The van der Waals surface area contributed by atoms with Crippen molar-refractivity contribution in [2.75, 3.05) is 18.8 Å². The summed E-state index contributed by atoms with van der Waals surface area (Å²) in [6.45, 7) is 1.91. The monoisotopic (exact) mass is 301 g/mol. The Hall–Kier alpha value is -0.630. The molecule has 0 aromatic carbocycles. The predicted octanol–water partition coefficient (Wildman–Crippen LogP) is 1.96. The van der Waals surface area contributed by atoms with Gasteiger partial charge in [0.2, 0.25) is 10.0 Å². The minimum absolute atomic E-state index is 0.0362. The van der Waals surface area contributed by atoms with E-state index in [1.165, 1.54) is 11.2 Å². The van der Waals surface area contributed by atoms with Gasteiger partial charge in [0, 0.05) is 25.4 Å². The molecule has 0 atom stereocenters. The number of nitrogens with zero attached hydrogens (tertiary/aromatic N) is 1. The Kier molecular flexibility index (Phi) is 5.37. The third kappa shape index (κ3) is 5.48. The van der Waals surface area contributed by atoms with Crippen LogP contribution in [0.2, 0.25) is 0 Å². The van der Waals surface area contributed by atoms with E-state index in [0.29, 0.717) is 12.8 Å². The predicted molar refractivity (Wildman–Crippen MR) is 64.1 cm³/mol. The zero-order chi connectivity index (χ0) is 14.7. The van der Waals surface area contributed by atoms with Gasteiger partial charge in [-0.1, -0.05) is 0 Å². The van der Waals surface area contributed by atoms with Crippen molar-refractivity contribution in [3.05, 3.63) is 0 Å². The van der Waals surface area contributed by atoms with Crippen molar-refractivity contribution in [1.29, 1.82) is 0 Å². The highest BCUT2D eigenvalue weighted by molar-refractivity contribution is 7.89. The quantitative estimate of drug-likeness (QED) is 0.780. The van der Waals surface area contributed by atoms with Gasteiger partial charge in [-0.2, -0.15) is 13.2 Å². The van der Waals surface area contributed by atoms with Crippen molar-refractivity contribution < 1.29 is 26.4 Å². The molecule has 0 aliphatic carbocycles. The normalized spacial score (nSPS) is 19.6. The number of Topliss-reactive ketones (excluding diaryl/α,β-unsaturated/α-hetero) is 1. The number of hydrogen-bond donors (Lipinski definition) is 0. The number of alkyl halides is 3. The summed E-state index contributed by atoms with van der Waals surface area (Å²) in [5, 5.41) is 0. The lowest BCUT2D eigenvalue weighted by Crippen LogP contribution is -2.41. The Morgan fingerprint density at radius 1 is 1.26 bits per heavy atom. The fourth-order valence-electron chi connectivity index (χ4n) is 2.12. The van der Waals surface area contributed by atoms with Crippen LogP contribution in [0.15, 0.2) is 0 Å². The van der Waals surface area contributed by atoms with Gasteiger partial charge in [0.15, 0.2) is 0 Å². The number of piperidine rings is 1. The molecule has 1 rings (SSSR count). The maximum absolute atomic E-state index is 12.0. The molecule has 8 heteroatoms. The Bertz CT molecular complexity index is 411.